The number of nitrogens with zero attached hydrogens (tertiary/aromatic N) is 1. The number of hydrogen-bond donors (Lipinski definition) is 1. The van der Waals surface area contributed by atoms with Crippen LogP contribution in [-0.2, 0) is 0 Å². The highest BCUT2D eigenvalue weighted by molar-refractivity contribution is 6.30. The number of nitrogen functional groups attached to an aromatic ring is 1. The molecule has 4 nitrogen and oxygen atoms in total. The third-order valence-corrected chi connectivity index (χ3v) is 2.93. The highest BCUT2D eigenvalue weighted by Gasteiger charge is 2.11. The van der Waals surface area contributed by atoms with E-state index in [-0.39, 0.29) is 5.91 Å². The van der Waals surface area contributed by atoms with E-state index in [9.17, 15) is 4.79 Å². The lowest BCUT2D eigenvalue weighted by atomic mass is 10.1. The largest absolute Gasteiger partial charge is 0.455 e. The van der Waals surface area contributed by atoms with E-state index >= 15 is 0 Å². The second-order valence-electron chi connectivity index (χ2n) is 4.51. The second-order valence-corrected chi connectivity index (χ2v) is 4.95. The minimum atomic E-state index is -0.110. The Kier molecular flexibility index (Phi) is 4.15. The molecule has 0 spiro atoms. The number of amides is 1. The first kappa shape index (κ1) is 14.2. The molecule has 2 N–H and O–H groups in total. The van der Waals surface area contributed by atoms with Crippen molar-refractivity contribution in [3.05, 3.63) is 53.1 Å². The van der Waals surface area contributed by atoms with Crippen molar-refractivity contribution < 1.29 is 9.53 Å². The maximum absolute atomic E-state index is 11.9. The third kappa shape index (κ3) is 3.22. The molecule has 0 bridgehead atoms. The summed E-state index contributed by atoms with van der Waals surface area (Å²) >= 11 is 5.90. The van der Waals surface area contributed by atoms with Gasteiger partial charge in [0.2, 0.25) is 0 Å². The molecule has 0 saturated carbocycles. The van der Waals surface area contributed by atoms with Crippen LogP contribution >= 0.6 is 11.6 Å². The first-order valence-corrected chi connectivity index (χ1v) is 6.40. The normalized spacial score (nSPS) is 10.2. The molecule has 2 aromatic carbocycles. The summed E-state index contributed by atoms with van der Waals surface area (Å²) in [4.78, 5) is 13.4. The first-order valence-electron chi connectivity index (χ1n) is 6.02. The fourth-order valence-electron chi connectivity index (χ4n) is 1.67. The molecule has 0 aliphatic carbocycles. The van der Waals surface area contributed by atoms with E-state index in [1.165, 1.54) is 4.90 Å². The van der Waals surface area contributed by atoms with Crippen molar-refractivity contribution in [1.82, 2.24) is 4.90 Å². The van der Waals surface area contributed by atoms with Crippen LogP contribution in [0.15, 0.2) is 42.5 Å². The van der Waals surface area contributed by atoms with Gasteiger partial charge >= 0.3 is 0 Å². The molecule has 2 rings (SSSR count). The van der Waals surface area contributed by atoms with E-state index in [1.54, 1.807) is 56.6 Å². The summed E-state index contributed by atoms with van der Waals surface area (Å²) in [5.41, 5.74) is 6.84. The number of hydrogen-bond acceptors (Lipinski definition) is 3. The molecule has 0 saturated heterocycles. The zero-order valence-electron chi connectivity index (χ0n) is 11.3. The average Bonchev–Trinajstić information content (AvgIpc) is 2.40. The molecular formula is C15H15ClN2O2. The number of carbonyl (C=O) groups is 1. The predicted molar refractivity (Wildman–Crippen MR) is 80.4 cm³/mol. The lowest BCUT2D eigenvalue weighted by Crippen LogP contribution is -2.21. The number of carbonyl (C=O) groups excluding carboxylic acids is 1. The quantitative estimate of drug-likeness (QED) is 0.881. The topological polar surface area (TPSA) is 55.6 Å². The smallest absolute Gasteiger partial charge is 0.253 e. The van der Waals surface area contributed by atoms with Gasteiger partial charge in [0.15, 0.2) is 5.75 Å². The van der Waals surface area contributed by atoms with Gasteiger partial charge in [-0.15, -0.1) is 0 Å². The average molecular weight is 291 g/mol. The van der Waals surface area contributed by atoms with Crippen LogP contribution in [0, 0.1) is 0 Å². The van der Waals surface area contributed by atoms with Gasteiger partial charge in [-0.1, -0.05) is 17.7 Å². The SMILES string of the molecule is CN(C)C(=O)c1ccc(N)c(Oc2cccc(Cl)c2)c1. The van der Waals surface area contributed by atoms with Crippen molar-refractivity contribution in [3.63, 3.8) is 0 Å². The number of ether oxygens (including phenoxy) is 1. The highest BCUT2D eigenvalue weighted by Crippen LogP contribution is 2.30. The lowest BCUT2D eigenvalue weighted by Gasteiger charge is -2.13. The zero-order valence-corrected chi connectivity index (χ0v) is 12.0. The van der Waals surface area contributed by atoms with E-state index in [0.717, 1.165) is 0 Å². The van der Waals surface area contributed by atoms with Crippen LogP contribution in [0.3, 0.4) is 0 Å². The number of nitrogens with two attached hydrogens (primary N) is 1. The zero-order chi connectivity index (χ0) is 14.7. The van der Waals surface area contributed by atoms with Crippen molar-refractivity contribution in [2.45, 2.75) is 0 Å². The van der Waals surface area contributed by atoms with Crippen LogP contribution in [0.5, 0.6) is 11.5 Å². The van der Waals surface area contributed by atoms with Crippen molar-refractivity contribution in [2.75, 3.05) is 19.8 Å². The van der Waals surface area contributed by atoms with E-state index in [1.807, 2.05) is 0 Å². The molecule has 1 amide bonds. The van der Waals surface area contributed by atoms with Crippen LogP contribution in [0.4, 0.5) is 5.69 Å². The predicted octanol–water partition coefficient (Wildman–Crippen LogP) is 3.42. The van der Waals surface area contributed by atoms with Gasteiger partial charge < -0.3 is 15.4 Å². The van der Waals surface area contributed by atoms with Crippen LogP contribution < -0.4 is 10.5 Å². The molecule has 0 atom stereocenters. The molecular weight excluding hydrogens is 276 g/mol. The van der Waals surface area contributed by atoms with Gasteiger partial charge in [-0.05, 0) is 36.4 Å². The molecule has 0 radical (unpaired) electrons. The van der Waals surface area contributed by atoms with E-state index in [4.69, 9.17) is 22.1 Å². The molecule has 20 heavy (non-hydrogen) atoms. The Balaban J connectivity index is 2.32. The van der Waals surface area contributed by atoms with Crippen molar-refractivity contribution in [3.8, 4) is 11.5 Å². The fraction of sp³-hybridized carbons (Fsp3) is 0.133. The van der Waals surface area contributed by atoms with Crippen LogP contribution in [0.2, 0.25) is 5.02 Å². The summed E-state index contributed by atoms with van der Waals surface area (Å²) in [5.74, 6) is 0.888. The van der Waals surface area contributed by atoms with E-state index in [0.29, 0.717) is 27.8 Å². The number of rotatable bonds is 3. The molecule has 5 heteroatoms. The summed E-state index contributed by atoms with van der Waals surface area (Å²) < 4.78 is 5.68. The molecule has 2 aromatic rings. The Labute approximate surface area is 122 Å². The Hall–Kier alpha value is -2.20. The van der Waals surface area contributed by atoms with Crippen LogP contribution in [0.1, 0.15) is 10.4 Å². The Bertz CT molecular complexity index is 642. The molecule has 0 aliphatic heterocycles. The van der Waals surface area contributed by atoms with E-state index in [2.05, 4.69) is 0 Å². The molecule has 104 valence electrons. The number of halogens is 1. The summed E-state index contributed by atoms with van der Waals surface area (Å²) in [6.45, 7) is 0. The highest BCUT2D eigenvalue weighted by atomic mass is 35.5. The molecule has 0 heterocycles. The number of anilines is 1. The van der Waals surface area contributed by atoms with Gasteiger partial charge in [-0.3, -0.25) is 4.79 Å². The van der Waals surface area contributed by atoms with Crippen molar-refractivity contribution in [1.29, 1.82) is 0 Å². The molecule has 0 unspecified atom stereocenters. The van der Waals surface area contributed by atoms with Gasteiger partial charge in [-0.2, -0.15) is 0 Å². The van der Waals surface area contributed by atoms with Crippen molar-refractivity contribution in [2.24, 2.45) is 0 Å². The number of benzene rings is 2. The summed E-state index contributed by atoms with van der Waals surface area (Å²) in [6.07, 6.45) is 0. The maximum Gasteiger partial charge on any atom is 0.253 e. The van der Waals surface area contributed by atoms with Crippen molar-refractivity contribution >= 4 is 23.2 Å². The monoisotopic (exact) mass is 290 g/mol. The molecule has 0 aliphatic rings. The maximum atomic E-state index is 11.9. The third-order valence-electron chi connectivity index (χ3n) is 2.69. The minimum Gasteiger partial charge on any atom is -0.455 e. The fourth-order valence-corrected chi connectivity index (χ4v) is 1.85. The van der Waals surface area contributed by atoms with Gasteiger partial charge in [-0.25, -0.2) is 0 Å². The van der Waals surface area contributed by atoms with Crippen LogP contribution in [-0.4, -0.2) is 24.9 Å². The van der Waals surface area contributed by atoms with Gasteiger partial charge in [0, 0.05) is 24.7 Å². The Morgan fingerprint density at radius 1 is 1.20 bits per heavy atom. The molecule has 0 aromatic heterocycles. The summed E-state index contributed by atoms with van der Waals surface area (Å²) in [6, 6.07) is 11.9. The Morgan fingerprint density at radius 2 is 1.95 bits per heavy atom. The van der Waals surface area contributed by atoms with Gasteiger partial charge in [0.25, 0.3) is 5.91 Å². The van der Waals surface area contributed by atoms with Gasteiger partial charge in [0.1, 0.15) is 5.75 Å². The Morgan fingerprint density at radius 3 is 2.60 bits per heavy atom. The summed E-state index contributed by atoms with van der Waals surface area (Å²) in [5, 5.41) is 0.571. The lowest BCUT2D eigenvalue weighted by molar-refractivity contribution is 0.0827. The van der Waals surface area contributed by atoms with E-state index < -0.39 is 0 Å². The summed E-state index contributed by atoms with van der Waals surface area (Å²) in [7, 11) is 3.38. The first-order chi connectivity index (χ1) is 9.47. The minimum absolute atomic E-state index is 0.110. The van der Waals surface area contributed by atoms with Crippen LogP contribution in [0.25, 0.3) is 0 Å². The second kappa shape index (κ2) is 5.84. The van der Waals surface area contributed by atoms with Gasteiger partial charge in [0.05, 0.1) is 5.69 Å². The molecule has 0 fully saturated rings. The standard InChI is InChI=1S/C15H15ClN2O2/c1-18(2)15(19)10-6-7-13(17)14(8-10)20-12-5-3-4-11(16)9-12/h3-9H,17H2,1-2H3.